The molecule has 18 heavy (non-hydrogen) atoms. The summed E-state index contributed by atoms with van der Waals surface area (Å²) in [5.41, 5.74) is -0.308. The van der Waals surface area contributed by atoms with Crippen LogP contribution in [0.25, 0.3) is 0 Å². The predicted octanol–water partition coefficient (Wildman–Crippen LogP) is 0.346. The summed E-state index contributed by atoms with van der Waals surface area (Å²) >= 11 is 0. The summed E-state index contributed by atoms with van der Waals surface area (Å²) in [5, 5.41) is 3.45. The Hall–Kier alpha value is -0.170. The van der Waals surface area contributed by atoms with Crippen molar-refractivity contribution in [1.82, 2.24) is 5.32 Å². The molecule has 2 fully saturated rings. The van der Waals surface area contributed by atoms with Crippen molar-refractivity contribution in [3.05, 3.63) is 0 Å². The first-order valence-corrected chi connectivity index (χ1v) is 8.34. The maximum Gasteiger partial charge on any atom is 0.152 e. The molecule has 0 bridgehead atoms. The molecular weight excluding hydrogens is 254 g/mol. The van der Waals surface area contributed by atoms with Crippen LogP contribution in [0.4, 0.5) is 0 Å². The highest BCUT2D eigenvalue weighted by Crippen LogP contribution is 2.31. The molecule has 0 amide bonds. The van der Waals surface area contributed by atoms with E-state index in [1.54, 1.807) is 7.11 Å². The van der Waals surface area contributed by atoms with Crippen LogP contribution < -0.4 is 5.32 Å². The fraction of sp³-hybridized carbons (Fsp3) is 1.00. The molecule has 0 aromatic heterocycles. The molecule has 1 N–H and O–H groups in total. The lowest BCUT2D eigenvalue weighted by molar-refractivity contribution is -0.135. The summed E-state index contributed by atoms with van der Waals surface area (Å²) in [4.78, 5) is 0. The zero-order valence-corrected chi connectivity index (χ0v) is 12.1. The molecule has 4 unspecified atom stereocenters. The van der Waals surface area contributed by atoms with Gasteiger partial charge in [0.05, 0.1) is 23.7 Å². The standard InChI is InChI=1S/C12H23NO4S/c1-4-17-10-7-9(11(10)16-3)13-12(2)5-6-18(14,15)8-12/h9-11,13H,4-8H2,1-3H3. The third-order valence-electron chi connectivity index (χ3n) is 3.94. The van der Waals surface area contributed by atoms with E-state index in [0.717, 1.165) is 6.42 Å². The molecule has 1 aliphatic carbocycles. The summed E-state index contributed by atoms with van der Waals surface area (Å²) in [7, 11) is -1.19. The number of rotatable bonds is 5. The first-order valence-electron chi connectivity index (χ1n) is 6.52. The van der Waals surface area contributed by atoms with Crippen LogP contribution in [0.15, 0.2) is 0 Å². The van der Waals surface area contributed by atoms with Crippen molar-refractivity contribution in [3.8, 4) is 0 Å². The molecule has 1 heterocycles. The van der Waals surface area contributed by atoms with Gasteiger partial charge in [-0.2, -0.15) is 0 Å². The van der Waals surface area contributed by atoms with E-state index in [0.29, 0.717) is 13.0 Å². The first-order chi connectivity index (χ1) is 8.39. The monoisotopic (exact) mass is 277 g/mol. The minimum atomic E-state index is -2.87. The maximum atomic E-state index is 11.6. The van der Waals surface area contributed by atoms with E-state index in [2.05, 4.69) is 5.32 Å². The smallest absolute Gasteiger partial charge is 0.152 e. The lowest BCUT2D eigenvalue weighted by Crippen LogP contribution is -2.64. The summed E-state index contributed by atoms with van der Waals surface area (Å²) in [6.07, 6.45) is 1.74. The Morgan fingerprint density at radius 1 is 1.44 bits per heavy atom. The molecule has 5 nitrogen and oxygen atoms in total. The Bertz CT molecular complexity index is 397. The van der Waals surface area contributed by atoms with Gasteiger partial charge in [-0.05, 0) is 26.7 Å². The second kappa shape index (κ2) is 5.07. The predicted molar refractivity (Wildman–Crippen MR) is 69.4 cm³/mol. The summed E-state index contributed by atoms with van der Waals surface area (Å²) in [6.45, 7) is 4.64. The summed E-state index contributed by atoms with van der Waals surface area (Å²) in [6, 6.07) is 0.199. The molecule has 2 rings (SSSR count). The average molecular weight is 277 g/mol. The van der Waals surface area contributed by atoms with Crippen molar-refractivity contribution < 1.29 is 17.9 Å². The van der Waals surface area contributed by atoms with E-state index < -0.39 is 9.84 Å². The molecule has 1 aliphatic heterocycles. The lowest BCUT2D eigenvalue weighted by atomic mass is 9.83. The number of ether oxygens (including phenoxy) is 2. The Morgan fingerprint density at radius 2 is 2.17 bits per heavy atom. The van der Waals surface area contributed by atoms with Gasteiger partial charge < -0.3 is 14.8 Å². The zero-order valence-electron chi connectivity index (χ0n) is 11.3. The largest absolute Gasteiger partial charge is 0.377 e. The third kappa shape index (κ3) is 2.87. The average Bonchev–Trinajstić information content (AvgIpc) is 2.52. The van der Waals surface area contributed by atoms with Gasteiger partial charge in [-0.1, -0.05) is 0 Å². The second-order valence-electron chi connectivity index (χ2n) is 5.58. The Kier molecular flexibility index (Phi) is 4.02. The van der Waals surface area contributed by atoms with E-state index in [-0.39, 0.29) is 35.3 Å². The van der Waals surface area contributed by atoms with Gasteiger partial charge in [-0.3, -0.25) is 0 Å². The van der Waals surface area contributed by atoms with Gasteiger partial charge in [0.25, 0.3) is 0 Å². The van der Waals surface area contributed by atoms with Gasteiger partial charge in [-0.15, -0.1) is 0 Å². The molecule has 0 radical (unpaired) electrons. The van der Waals surface area contributed by atoms with E-state index in [9.17, 15) is 8.42 Å². The number of sulfone groups is 1. The van der Waals surface area contributed by atoms with Crippen LogP contribution >= 0.6 is 0 Å². The topological polar surface area (TPSA) is 64.6 Å². The highest BCUT2D eigenvalue weighted by molar-refractivity contribution is 7.91. The Morgan fingerprint density at radius 3 is 2.67 bits per heavy atom. The van der Waals surface area contributed by atoms with Gasteiger partial charge in [-0.25, -0.2) is 8.42 Å². The fourth-order valence-corrected chi connectivity index (χ4v) is 5.09. The number of nitrogens with one attached hydrogen (secondary N) is 1. The Labute approximate surface area is 109 Å². The van der Waals surface area contributed by atoms with Crippen LogP contribution in [-0.4, -0.2) is 57.4 Å². The van der Waals surface area contributed by atoms with Crippen LogP contribution in [0, 0.1) is 0 Å². The van der Waals surface area contributed by atoms with E-state index in [1.807, 2.05) is 13.8 Å². The van der Waals surface area contributed by atoms with E-state index >= 15 is 0 Å². The van der Waals surface area contributed by atoms with Crippen LogP contribution in [0.3, 0.4) is 0 Å². The molecule has 1 saturated heterocycles. The van der Waals surface area contributed by atoms with Crippen molar-refractivity contribution in [3.63, 3.8) is 0 Å². The van der Waals surface area contributed by atoms with E-state index in [1.165, 1.54) is 0 Å². The molecule has 2 aliphatic rings. The molecular formula is C12H23NO4S. The number of hydrogen-bond acceptors (Lipinski definition) is 5. The van der Waals surface area contributed by atoms with Crippen molar-refractivity contribution in [2.24, 2.45) is 0 Å². The fourth-order valence-electron chi connectivity index (χ4n) is 2.99. The zero-order chi connectivity index (χ0) is 13.4. The van der Waals surface area contributed by atoms with Crippen molar-refractivity contribution in [2.75, 3.05) is 25.2 Å². The maximum absolute atomic E-state index is 11.6. The van der Waals surface area contributed by atoms with Crippen molar-refractivity contribution >= 4 is 9.84 Å². The molecule has 6 heteroatoms. The van der Waals surface area contributed by atoms with Crippen LogP contribution in [-0.2, 0) is 19.3 Å². The van der Waals surface area contributed by atoms with Gasteiger partial charge in [0.1, 0.15) is 0 Å². The highest BCUT2D eigenvalue weighted by Gasteiger charge is 2.47. The quantitative estimate of drug-likeness (QED) is 0.785. The lowest BCUT2D eigenvalue weighted by Gasteiger charge is -2.46. The minimum absolute atomic E-state index is 0.0325. The van der Waals surface area contributed by atoms with Gasteiger partial charge >= 0.3 is 0 Å². The third-order valence-corrected chi connectivity index (χ3v) is 5.84. The summed E-state index contributed by atoms with van der Waals surface area (Å²) in [5.74, 6) is 0.516. The summed E-state index contributed by atoms with van der Waals surface area (Å²) < 4.78 is 34.1. The second-order valence-corrected chi connectivity index (χ2v) is 7.77. The Balaban J connectivity index is 1.91. The van der Waals surface area contributed by atoms with Gasteiger partial charge in [0.2, 0.25) is 0 Å². The highest BCUT2D eigenvalue weighted by atomic mass is 32.2. The van der Waals surface area contributed by atoms with Gasteiger partial charge in [0.15, 0.2) is 9.84 Å². The molecule has 106 valence electrons. The molecule has 0 aromatic rings. The first kappa shape index (κ1) is 14.2. The molecule has 1 saturated carbocycles. The van der Waals surface area contributed by atoms with Crippen LogP contribution in [0.2, 0.25) is 0 Å². The normalized spacial score (nSPS) is 42.7. The van der Waals surface area contributed by atoms with Crippen LogP contribution in [0.5, 0.6) is 0 Å². The number of methoxy groups -OCH3 is 1. The SMILES string of the molecule is CCOC1CC(NC2(C)CCS(=O)(=O)C2)C1OC. The minimum Gasteiger partial charge on any atom is -0.377 e. The van der Waals surface area contributed by atoms with Crippen LogP contribution in [0.1, 0.15) is 26.7 Å². The van der Waals surface area contributed by atoms with Gasteiger partial charge in [0, 0.05) is 25.3 Å². The molecule has 4 atom stereocenters. The van der Waals surface area contributed by atoms with Crippen molar-refractivity contribution in [2.45, 2.75) is 50.5 Å². The molecule has 0 spiro atoms. The van der Waals surface area contributed by atoms with E-state index in [4.69, 9.17) is 9.47 Å². The molecule has 0 aromatic carbocycles. The van der Waals surface area contributed by atoms with Crippen molar-refractivity contribution in [1.29, 1.82) is 0 Å². The number of hydrogen-bond donors (Lipinski definition) is 1.